The Bertz CT molecular complexity index is 840. The molecule has 2 heterocycles. The van der Waals surface area contributed by atoms with E-state index in [1.807, 2.05) is 31.2 Å². The largest absolute Gasteiger partial charge is 0.330 e. The van der Waals surface area contributed by atoms with Gasteiger partial charge >= 0.3 is 0 Å². The van der Waals surface area contributed by atoms with E-state index in [4.69, 9.17) is 5.73 Å². The maximum absolute atomic E-state index is 12.3. The summed E-state index contributed by atoms with van der Waals surface area (Å²) in [5.41, 5.74) is 8.57. The molecule has 0 aliphatic rings. The number of nitrogens with two attached hydrogens (primary N) is 1. The number of hydrogen-bond donors (Lipinski definition) is 2. The van der Waals surface area contributed by atoms with Gasteiger partial charge in [0.25, 0.3) is 5.91 Å². The second-order valence-electron chi connectivity index (χ2n) is 5.48. The molecular weight excluding hydrogens is 290 g/mol. The van der Waals surface area contributed by atoms with Crippen LogP contribution in [0.3, 0.4) is 0 Å². The Morgan fingerprint density at radius 1 is 1.30 bits per heavy atom. The quantitative estimate of drug-likeness (QED) is 0.757. The number of hydrogen-bond acceptors (Lipinski definition) is 4. The first-order valence-electron chi connectivity index (χ1n) is 7.57. The van der Waals surface area contributed by atoms with Crippen LogP contribution in [0, 0.1) is 6.92 Å². The summed E-state index contributed by atoms with van der Waals surface area (Å²) in [5.74, 6) is -0.245. The maximum atomic E-state index is 12.3. The van der Waals surface area contributed by atoms with Gasteiger partial charge in [0.2, 0.25) is 0 Å². The van der Waals surface area contributed by atoms with Gasteiger partial charge in [-0.05, 0) is 44.2 Å². The summed E-state index contributed by atoms with van der Waals surface area (Å²) in [7, 11) is 0. The summed E-state index contributed by atoms with van der Waals surface area (Å²) in [4.78, 5) is 16.6. The van der Waals surface area contributed by atoms with Crippen LogP contribution in [0.5, 0.6) is 0 Å². The number of amides is 1. The third-order valence-corrected chi connectivity index (χ3v) is 3.56. The molecule has 3 rings (SSSR count). The van der Waals surface area contributed by atoms with Gasteiger partial charge in [0.1, 0.15) is 0 Å². The highest BCUT2D eigenvalue weighted by Gasteiger charge is 2.10. The molecule has 118 valence electrons. The van der Waals surface area contributed by atoms with E-state index in [-0.39, 0.29) is 5.91 Å². The van der Waals surface area contributed by atoms with E-state index in [1.54, 1.807) is 23.1 Å². The van der Waals surface area contributed by atoms with Gasteiger partial charge in [0.05, 0.1) is 17.4 Å². The van der Waals surface area contributed by atoms with Crippen molar-refractivity contribution in [2.45, 2.75) is 19.9 Å². The molecule has 3 aromatic rings. The Kier molecular flexibility index (Phi) is 4.34. The number of benzene rings is 1. The van der Waals surface area contributed by atoms with E-state index in [0.29, 0.717) is 24.5 Å². The average molecular weight is 309 g/mol. The van der Waals surface area contributed by atoms with Crippen LogP contribution in [0.1, 0.15) is 22.5 Å². The van der Waals surface area contributed by atoms with E-state index < -0.39 is 0 Å². The molecule has 23 heavy (non-hydrogen) atoms. The lowest BCUT2D eigenvalue weighted by Crippen LogP contribution is -2.14. The van der Waals surface area contributed by atoms with Crippen molar-refractivity contribution in [1.29, 1.82) is 0 Å². The molecule has 0 aliphatic heterocycles. The van der Waals surface area contributed by atoms with Crippen molar-refractivity contribution in [2.24, 2.45) is 5.73 Å². The number of carbonyl (C=O) groups excluding carboxylic acids is 1. The van der Waals surface area contributed by atoms with Gasteiger partial charge in [-0.1, -0.05) is 11.6 Å². The zero-order valence-electron chi connectivity index (χ0n) is 13.0. The van der Waals surface area contributed by atoms with Crippen LogP contribution in [0.15, 0.2) is 42.7 Å². The third-order valence-electron chi connectivity index (χ3n) is 3.56. The standard InChI is InChI=1S/C17H19N5O/c1-12-3-4-15-13(9-12)10-14(11-19-15)20-17(23)16-5-8-22(21-16)7-2-6-18/h3-5,8-11H,2,6-7,18H2,1H3,(H,20,23). The lowest BCUT2D eigenvalue weighted by atomic mass is 10.1. The van der Waals surface area contributed by atoms with Crippen molar-refractivity contribution in [3.8, 4) is 0 Å². The molecule has 6 nitrogen and oxygen atoms in total. The molecule has 1 aromatic carbocycles. The van der Waals surface area contributed by atoms with E-state index >= 15 is 0 Å². The Morgan fingerprint density at radius 3 is 3.00 bits per heavy atom. The van der Waals surface area contributed by atoms with Gasteiger partial charge in [-0.3, -0.25) is 14.5 Å². The van der Waals surface area contributed by atoms with E-state index in [0.717, 1.165) is 22.9 Å². The predicted octanol–water partition coefficient (Wildman–Crippen LogP) is 2.34. The third kappa shape index (κ3) is 3.54. The normalized spacial score (nSPS) is 10.9. The highest BCUT2D eigenvalue weighted by molar-refractivity contribution is 6.03. The molecule has 0 spiro atoms. The highest BCUT2D eigenvalue weighted by atomic mass is 16.1. The number of carbonyl (C=O) groups is 1. The monoisotopic (exact) mass is 309 g/mol. The van der Waals surface area contributed by atoms with Gasteiger partial charge in [0.15, 0.2) is 5.69 Å². The minimum absolute atomic E-state index is 0.245. The summed E-state index contributed by atoms with van der Waals surface area (Å²) in [6.07, 6.45) is 4.27. The Labute approximate surface area is 134 Å². The fraction of sp³-hybridized carbons (Fsp3) is 0.235. The number of rotatable bonds is 5. The fourth-order valence-electron chi connectivity index (χ4n) is 2.38. The van der Waals surface area contributed by atoms with Crippen LogP contribution in [0.4, 0.5) is 5.69 Å². The van der Waals surface area contributed by atoms with Gasteiger partial charge in [-0.2, -0.15) is 5.10 Å². The second-order valence-corrected chi connectivity index (χ2v) is 5.48. The highest BCUT2D eigenvalue weighted by Crippen LogP contribution is 2.18. The molecule has 3 N–H and O–H groups in total. The second kappa shape index (κ2) is 6.58. The van der Waals surface area contributed by atoms with Crippen molar-refractivity contribution in [1.82, 2.24) is 14.8 Å². The Morgan fingerprint density at radius 2 is 2.17 bits per heavy atom. The van der Waals surface area contributed by atoms with Crippen molar-refractivity contribution in [3.63, 3.8) is 0 Å². The molecule has 0 aliphatic carbocycles. The summed E-state index contributed by atoms with van der Waals surface area (Å²) >= 11 is 0. The smallest absolute Gasteiger partial charge is 0.276 e. The topological polar surface area (TPSA) is 85.8 Å². The number of nitrogens with zero attached hydrogens (tertiary/aromatic N) is 3. The van der Waals surface area contributed by atoms with E-state index in [9.17, 15) is 4.79 Å². The molecule has 0 atom stereocenters. The molecule has 0 bridgehead atoms. The van der Waals surface area contributed by atoms with E-state index in [2.05, 4.69) is 15.4 Å². The Balaban J connectivity index is 1.75. The molecule has 0 saturated heterocycles. The van der Waals surface area contributed by atoms with Crippen molar-refractivity contribution in [3.05, 3.63) is 54.0 Å². The number of anilines is 1. The molecule has 0 saturated carbocycles. The number of pyridine rings is 1. The average Bonchev–Trinajstić information content (AvgIpc) is 3.01. The number of nitrogens with one attached hydrogen (secondary N) is 1. The van der Waals surface area contributed by atoms with Crippen LogP contribution in [-0.2, 0) is 6.54 Å². The van der Waals surface area contributed by atoms with Crippen molar-refractivity contribution >= 4 is 22.5 Å². The number of aromatic nitrogens is 3. The van der Waals surface area contributed by atoms with Gasteiger partial charge in [-0.25, -0.2) is 0 Å². The van der Waals surface area contributed by atoms with E-state index in [1.165, 1.54) is 0 Å². The van der Waals surface area contributed by atoms with Crippen molar-refractivity contribution in [2.75, 3.05) is 11.9 Å². The maximum Gasteiger partial charge on any atom is 0.276 e. The number of aryl methyl sites for hydroxylation is 2. The van der Waals surface area contributed by atoms with Crippen LogP contribution in [0.25, 0.3) is 10.9 Å². The molecular formula is C17H19N5O. The van der Waals surface area contributed by atoms with Crippen LogP contribution >= 0.6 is 0 Å². The number of fused-ring (bicyclic) bond motifs is 1. The Hall–Kier alpha value is -2.73. The zero-order chi connectivity index (χ0) is 16.2. The van der Waals surface area contributed by atoms with Crippen LogP contribution in [0.2, 0.25) is 0 Å². The summed E-state index contributed by atoms with van der Waals surface area (Å²) in [5, 5.41) is 8.08. The molecule has 2 aromatic heterocycles. The minimum Gasteiger partial charge on any atom is -0.330 e. The first kappa shape index (κ1) is 15.2. The van der Waals surface area contributed by atoms with Gasteiger partial charge in [0, 0.05) is 18.1 Å². The molecule has 0 fully saturated rings. The first-order chi connectivity index (χ1) is 11.2. The summed E-state index contributed by atoms with van der Waals surface area (Å²) in [6.45, 7) is 3.34. The molecule has 6 heteroatoms. The van der Waals surface area contributed by atoms with Crippen LogP contribution < -0.4 is 11.1 Å². The SMILES string of the molecule is Cc1ccc2ncc(NC(=O)c3ccn(CCCN)n3)cc2c1. The summed E-state index contributed by atoms with van der Waals surface area (Å²) in [6, 6.07) is 9.64. The lowest BCUT2D eigenvalue weighted by molar-refractivity contribution is 0.102. The molecule has 0 unspecified atom stereocenters. The first-order valence-corrected chi connectivity index (χ1v) is 7.57. The lowest BCUT2D eigenvalue weighted by Gasteiger charge is -2.05. The fourth-order valence-corrected chi connectivity index (χ4v) is 2.38. The molecule has 0 radical (unpaired) electrons. The van der Waals surface area contributed by atoms with Gasteiger partial charge < -0.3 is 11.1 Å². The van der Waals surface area contributed by atoms with Gasteiger partial charge in [-0.15, -0.1) is 0 Å². The minimum atomic E-state index is -0.245. The molecule has 1 amide bonds. The van der Waals surface area contributed by atoms with Crippen molar-refractivity contribution < 1.29 is 4.79 Å². The summed E-state index contributed by atoms with van der Waals surface area (Å²) < 4.78 is 1.73. The predicted molar refractivity (Wildman–Crippen MR) is 90.3 cm³/mol. The van der Waals surface area contributed by atoms with Crippen LogP contribution in [-0.4, -0.2) is 27.2 Å². The zero-order valence-corrected chi connectivity index (χ0v) is 13.0.